The Kier molecular flexibility index (Phi) is 4.73. The zero-order chi connectivity index (χ0) is 16.2. The van der Waals surface area contributed by atoms with E-state index in [-0.39, 0.29) is 5.91 Å². The van der Waals surface area contributed by atoms with Gasteiger partial charge in [0.2, 0.25) is 0 Å². The molecule has 23 heavy (non-hydrogen) atoms. The van der Waals surface area contributed by atoms with Gasteiger partial charge in [-0.2, -0.15) is 0 Å². The first-order valence-electron chi connectivity index (χ1n) is 7.76. The molecule has 3 N–H and O–H groups in total. The lowest BCUT2D eigenvalue weighted by Gasteiger charge is -2.20. The lowest BCUT2D eigenvalue weighted by atomic mass is 10.1. The number of pyridine rings is 1. The van der Waals surface area contributed by atoms with E-state index in [4.69, 9.17) is 5.73 Å². The number of rotatable bonds is 6. The van der Waals surface area contributed by atoms with Crippen molar-refractivity contribution in [1.82, 2.24) is 14.9 Å². The number of carbonyl (C=O) groups is 1. The van der Waals surface area contributed by atoms with Gasteiger partial charge >= 0.3 is 0 Å². The number of aromatic amines is 1. The third-order valence-corrected chi connectivity index (χ3v) is 4.83. The molecular formula is C17H20N4OS. The van der Waals surface area contributed by atoms with Crippen LogP contribution < -0.4 is 5.73 Å². The van der Waals surface area contributed by atoms with E-state index in [2.05, 4.69) is 16.9 Å². The molecule has 3 rings (SSSR count). The smallest absolute Gasteiger partial charge is 0.263 e. The van der Waals surface area contributed by atoms with Crippen molar-refractivity contribution >= 4 is 28.3 Å². The van der Waals surface area contributed by atoms with Crippen molar-refractivity contribution in [1.29, 1.82) is 0 Å². The predicted molar refractivity (Wildman–Crippen MR) is 94.7 cm³/mol. The maximum absolute atomic E-state index is 12.6. The Bertz CT molecular complexity index is 802. The minimum absolute atomic E-state index is 0.0629. The van der Waals surface area contributed by atoms with Gasteiger partial charge < -0.3 is 15.6 Å². The molecule has 0 saturated carbocycles. The Balaban J connectivity index is 1.91. The summed E-state index contributed by atoms with van der Waals surface area (Å²) in [4.78, 5) is 23.7. The van der Waals surface area contributed by atoms with E-state index < -0.39 is 0 Å². The highest BCUT2D eigenvalue weighted by Crippen LogP contribution is 2.33. The molecule has 0 aromatic carbocycles. The summed E-state index contributed by atoms with van der Waals surface area (Å²) in [6, 6.07) is 7.91. The second-order valence-corrected chi connectivity index (χ2v) is 6.43. The molecule has 0 unspecified atom stereocenters. The number of fused-ring (bicyclic) bond motifs is 1. The third-order valence-electron chi connectivity index (χ3n) is 3.72. The van der Waals surface area contributed by atoms with Crippen LogP contribution in [0, 0.1) is 0 Å². The van der Waals surface area contributed by atoms with Gasteiger partial charge in [-0.3, -0.25) is 4.79 Å². The summed E-state index contributed by atoms with van der Waals surface area (Å²) >= 11 is 1.52. The molecule has 0 fully saturated rings. The Labute approximate surface area is 139 Å². The highest BCUT2D eigenvalue weighted by atomic mass is 32.1. The number of hydrogen-bond acceptors (Lipinski definition) is 4. The Morgan fingerprint density at radius 1 is 1.30 bits per heavy atom. The number of nitrogens with one attached hydrogen (secondary N) is 1. The highest BCUT2D eigenvalue weighted by molar-refractivity contribution is 7.17. The van der Waals surface area contributed by atoms with E-state index in [1.807, 2.05) is 35.4 Å². The summed E-state index contributed by atoms with van der Waals surface area (Å²) in [6.07, 6.45) is 4.59. The molecule has 5 nitrogen and oxygen atoms in total. The summed E-state index contributed by atoms with van der Waals surface area (Å²) in [5.74, 6) is 0.0629. The van der Waals surface area contributed by atoms with Gasteiger partial charge in [0.1, 0.15) is 5.65 Å². The molecule has 1 amide bonds. The van der Waals surface area contributed by atoms with Gasteiger partial charge in [-0.1, -0.05) is 6.92 Å². The molecule has 3 heterocycles. The minimum atomic E-state index is 0.0629. The maximum Gasteiger partial charge on any atom is 0.263 e. The number of aromatic nitrogens is 2. The molecule has 0 saturated heterocycles. The maximum atomic E-state index is 12.6. The van der Waals surface area contributed by atoms with Gasteiger partial charge in [0.05, 0.1) is 4.88 Å². The van der Waals surface area contributed by atoms with E-state index >= 15 is 0 Å². The molecule has 0 atom stereocenters. The molecule has 0 bridgehead atoms. The van der Waals surface area contributed by atoms with Crippen LogP contribution in [0.25, 0.3) is 21.5 Å². The van der Waals surface area contributed by atoms with Crippen molar-refractivity contribution in [2.45, 2.75) is 13.3 Å². The fourth-order valence-corrected chi connectivity index (χ4v) is 3.68. The van der Waals surface area contributed by atoms with Crippen LogP contribution in [0.3, 0.4) is 0 Å². The molecule has 3 aromatic heterocycles. The summed E-state index contributed by atoms with van der Waals surface area (Å²) in [5, 5.41) is 1.07. The first kappa shape index (κ1) is 15.7. The SMILES string of the molecule is CCCN(CCN)C(=O)c1ccc(-c2ccnc3[nH]ccc23)s1. The van der Waals surface area contributed by atoms with Crippen LogP contribution in [0.4, 0.5) is 0 Å². The largest absolute Gasteiger partial charge is 0.346 e. The molecule has 120 valence electrons. The van der Waals surface area contributed by atoms with Gasteiger partial charge in [-0.15, -0.1) is 11.3 Å². The first-order valence-corrected chi connectivity index (χ1v) is 8.58. The van der Waals surface area contributed by atoms with E-state index in [0.717, 1.165) is 39.3 Å². The van der Waals surface area contributed by atoms with Gasteiger partial charge in [-0.05, 0) is 30.7 Å². The second kappa shape index (κ2) is 6.93. The van der Waals surface area contributed by atoms with E-state index in [1.54, 1.807) is 6.20 Å². The number of nitrogens with two attached hydrogens (primary N) is 1. The molecule has 0 aliphatic heterocycles. The van der Waals surface area contributed by atoms with Gasteiger partial charge in [0, 0.05) is 47.9 Å². The zero-order valence-electron chi connectivity index (χ0n) is 13.1. The van der Waals surface area contributed by atoms with Crippen LogP contribution in [-0.2, 0) is 0 Å². The molecule has 0 aliphatic rings. The van der Waals surface area contributed by atoms with Crippen molar-refractivity contribution in [3.05, 3.63) is 41.5 Å². The number of amides is 1. The van der Waals surface area contributed by atoms with Gasteiger partial charge in [0.15, 0.2) is 0 Å². The summed E-state index contributed by atoms with van der Waals surface area (Å²) in [6.45, 7) is 3.88. The minimum Gasteiger partial charge on any atom is -0.346 e. The Morgan fingerprint density at radius 3 is 2.96 bits per heavy atom. The average molecular weight is 328 g/mol. The number of hydrogen-bond donors (Lipinski definition) is 2. The van der Waals surface area contributed by atoms with Crippen LogP contribution in [0.1, 0.15) is 23.0 Å². The van der Waals surface area contributed by atoms with Gasteiger partial charge in [0.25, 0.3) is 5.91 Å². The van der Waals surface area contributed by atoms with E-state index in [1.165, 1.54) is 11.3 Å². The second-order valence-electron chi connectivity index (χ2n) is 5.34. The van der Waals surface area contributed by atoms with E-state index in [0.29, 0.717) is 13.1 Å². The Morgan fingerprint density at radius 2 is 2.17 bits per heavy atom. The van der Waals surface area contributed by atoms with Crippen molar-refractivity contribution in [2.24, 2.45) is 5.73 Å². The lowest BCUT2D eigenvalue weighted by molar-refractivity contribution is 0.0765. The summed E-state index contributed by atoms with van der Waals surface area (Å²) in [5.41, 5.74) is 7.58. The lowest BCUT2D eigenvalue weighted by Crippen LogP contribution is -2.35. The normalized spacial score (nSPS) is 11.0. The molecular weight excluding hydrogens is 308 g/mol. The number of H-pyrrole nitrogens is 1. The van der Waals surface area contributed by atoms with Crippen LogP contribution in [0.15, 0.2) is 36.7 Å². The summed E-state index contributed by atoms with van der Waals surface area (Å²) < 4.78 is 0. The van der Waals surface area contributed by atoms with Crippen LogP contribution in [-0.4, -0.2) is 40.4 Å². The van der Waals surface area contributed by atoms with Gasteiger partial charge in [-0.25, -0.2) is 4.98 Å². The quantitative estimate of drug-likeness (QED) is 0.730. The van der Waals surface area contributed by atoms with Crippen molar-refractivity contribution in [3.63, 3.8) is 0 Å². The molecule has 6 heteroatoms. The molecule has 3 aromatic rings. The Hall–Kier alpha value is -2.18. The third kappa shape index (κ3) is 3.13. The monoisotopic (exact) mass is 328 g/mol. The van der Waals surface area contributed by atoms with Crippen molar-refractivity contribution in [3.8, 4) is 10.4 Å². The van der Waals surface area contributed by atoms with E-state index in [9.17, 15) is 4.79 Å². The summed E-state index contributed by atoms with van der Waals surface area (Å²) in [7, 11) is 0. The first-order chi connectivity index (χ1) is 11.2. The standard InChI is InChI=1S/C17H20N4OS/c1-2-10-21(11-7-18)17(22)15-4-3-14(23-15)12-5-8-19-16-13(12)6-9-20-16/h3-6,8-9H,2,7,10-11,18H2,1H3,(H,19,20). The van der Waals surface area contributed by atoms with Crippen LogP contribution in [0.5, 0.6) is 0 Å². The number of carbonyl (C=O) groups excluding carboxylic acids is 1. The number of thiophene rings is 1. The van der Waals surface area contributed by atoms with Crippen molar-refractivity contribution in [2.75, 3.05) is 19.6 Å². The molecule has 0 aliphatic carbocycles. The van der Waals surface area contributed by atoms with Crippen LogP contribution >= 0.6 is 11.3 Å². The predicted octanol–water partition coefficient (Wildman–Crippen LogP) is 3.10. The zero-order valence-corrected chi connectivity index (χ0v) is 13.9. The average Bonchev–Trinajstić information content (AvgIpc) is 3.22. The fraction of sp³-hybridized carbons (Fsp3) is 0.294. The number of nitrogens with zero attached hydrogens (tertiary/aromatic N) is 2. The molecule has 0 radical (unpaired) electrons. The topological polar surface area (TPSA) is 75.0 Å². The molecule has 0 spiro atoms. The van der Waals surface area contributed by atoms with Crippen LogP contribution in [0.2, 0.25) is 0 Å². The van der Waals surface area contributed by atoms with Crippen molar-refractivity contribution < 1.29 is 4.79 Å². The highest BCUT2D eigenvalue weighted by Gasteiger charge is 2.17. The fourth-order valence-electron chi connectivity index (χ4n) is 2.67.